The van der Waals surface area contributed by atoms with E-state index in [4.69, 9.17) is 14.9 Å². The Morgan fingerprint density at radius 2 is 2.00 bits per heavy atom. The summed E-state index contributed by atoms with van der Waals surface area (Å²) >= 11 is 0. The second kappa shape index (κ2) is 5.64. The van der Waals surface area contributed by atoms with E-state index in [2.05, 4.69) is 4.52 Å². The van der Waals surface area contributed by atoms with Gasteiger partial charge in [-0.3, -0.25) is 4.52 Å². The first kappa shape index (κ1) is 12.0. The van der Waals surface area contributed by atoms with Crippen LogP contribution < -0.4 is 0 Å². The van der Waals surface area contributed by atoms with Crippen molar-refractivity contribution < 1.29 is 24.0 Å². The highest BCUT2D eigenvalue weighted by molar-refractivity contribution is 7.46. The van der Waals surface area contributed by atoms with E-state index in [0.717, 1.165) is 0 Å². The molecule has 3 N–H and O–H groups in total. The molecule has 12 heavy (non-hydrogen) atoms. The Morgan fingerprint density at radius 1 is 1.42 bits per heavy atom. The third-order valence-electron chi connectivity index (χ3n) is 1.21. The Labute approximate surface area is 71.0 Å². The van der Waals surface area contributed by atoms with Gasteiger partial charge >= 0.3 is 7.82 Å². The van der Waals surface area contributed by atoms with Crippen LogP contribution in [0.2, 0.25) is 0 Å². The van der Waals surface area contributed by atoms with E-state index in [1.807, 2.05) is 0 Å². The standard InChI is InChI=1S/C5H14NO5P/c1-6(2-4-7)3-5-11-12(8,9)10/h7H,2-5H2,1H3,(H2,8,9,10). The minimum Gasteiger partial charge on any atom is -0.395 e. The van der Waals surface area contributed by atoms with Crippen molar-refractivity contribution in [1.29, 1.82) is 0 Å². The van der Waals surface area contributed by atoms with Crippen LogP contribution in [0, 0.1) is 0 Å². The number of hydrogen-bond donors (Lipinski definition) is 3. The molecule has 0 spiro atoms. The third kappa shape index (κ3) is 8.13. The summed E-state index contributed by atoms with van der Waals surface area (Å²) < 4.78 is 14.4. The topological polar surface area (TPSA) is 90.2 Å². The monoisotopic (exact) mass is 199 g/mol. The van der Waals surface area contributed by atoms with Gasteiger partial charge in [-0.15, -0.1) is 0 Å². The molecule has 0 heterocycles. The van der Waals surface area contributed by atoms with E-state index in [-0.39, 0.29) is 13.2 Å². The molecule has 0 saturated carbocycles. The zero-order chi connectivity index (χ0) is 9.61. The van der Waals surface area contributed by atoms with Gasteiger partial charge in [0.1, 0.15) is 0 Å². The highest BCUT2D eigenvalue weighted by Gasteiger charge is 2.13. The fourth-order valence-electron chi connectivity index (χ4n) is 0.598. The third-order valence-corrected chi connectivity index (χ3v) is 1.73. The maximum absolute atomic E-state index is 10.2. The lowest BCUT2D eigenvalue weighted by atomic mass is 10.5. The van der Waals surface area contributed by atoms with Crippen molar-refractivity contribution in [3.63, 3.8) is 0 Å². The number of nitrogens with zero attached hydrogens (tertiary/aromatic N) is 1. The van der Waals surface area contributed by atoms with Crippen LogP contribution in [0.4, 0.5) is 0 Å². The smallest absolute Gasteiger partial charge is 0.395 e. The van der Waals surface area contributed by atoms with Crippen LogP contribution in [-0.2, 0) is 9.09 Å². The first-order chi connectivity index (χ1) is 5.45. The summed E-state index contributed by atoms with van der Waals surface area (Å²) in [5.74, 6) is 0. The van der Waals surface area contributed by atoms with E-state index >= 15 is 0 Å². The molecule has 0 aliphatic carbocycles. The van der Waals surface area contributed by atoms with E-state index in [1.54, 1.807) is 11.9 Å². The molecular formula is C5H14NO5P. The first-order valence-corrected chi connectivity index (χ1v) is 4.98. The van der Waals surface area contributed by atoms with E-state index in [9.17, 15) is 4.57 Å². The number of aliphatic hydroxyl groups is 1. The van der Waals surface area contributed by atoms with Crippen molar-refractivity contribution in [1.82, 2.24) is 4.90 Å². The fraction of sp³-hybridized carbons (Fsp3) is 1.00. The molecule has 0 aliphatic rings. The van der Waals surface area contributed by atoms with Gasteiger partial charge < -0.3 is 19.8 Å². The lowest BCUT2D eigenvalue weighted by Crippen LogP contribution is -2.25. The zero-order valence-corrected chi connectivity index (χ0v) is 7.78. The number of phosphoric acid groups is 1. The van der Waals surface area contributed by atoms with Crippen LogP contribution in [0.3, 0.4) is 0 Å². The summed E-state index contributed by atoms with van der Waals surface area (Å²) in [6, 6.07) is 0. The second-order valence-corrected chi connectivity index (χ2v) is 3.59. The summed E-state index contributed by atoms with van der Waals surface area (Å²) in [6.45, 7) is 0.823. The largest absolute Gasteiger partial charge is 0.469 e. The average Bonchev–Trinajstić information content (AvgIpc) is 1.84. The summed E-state index contributed by atoms with van der Waals surface area (Å²) in [7, 11) is -2.61. The van der Waals surface area contributed by atoms with Gasteiger partial charge in [0.05, 0.1) is 13.2 Å². The molecule has 74 valence electrons. The van der Waals surface area contributed by atoms with Crippen molar-refractivity contribution in [2.75, 3.05) is 33.4 Å². The predicted octanol–water partition coefficient (Wildman–Crippen LogP) is -0.980. The van der Waals surface area contributed by atoms with Gasteiger partial charge in [0.25, 0.3) is 0 Å². The van der Waals surface area contributed by atoms with Crippen molar-refractivity contribution in [3.8, 4) is 0 Å². The van der Waals surface area contributed by atoms with Crippen LogP contribution in [0.15, 0.2) is 0 Å². The lowest BCUT2D eigenvalue weighted by molar-refractivity contribution is 0.159. The Hall–Kier alpha value is 0.0300. The molecule has 0 rings (SSSR count). The van der Waals surface area contributed by atoms with Gasteiger partial charge in [-0.05, 0) is 7.05 Å². The summed E-state index contributed by atoms with van der Waals surface area (Å²) in [6.07, 6.45) is 0. The second-order valence-electron chi connectivity index (χ2n) is 2.35. The Balaban J connectivity index is 3.37. The summed E-state index contributed by atoms with van der Waals surface area (Å²) in [5, 5.41) is 8.46. The fourth-order valence-corrected chi connectivity index (χ4v) is 0.918. The number of rotatable bonds is 6. The van der Waals surface area contributed by atoms with Crippen LogP contribution >= 0.6 is 7.82 Å². The molecule has 0 aromatic heterocycles. The van der Waals surface area contributed by atoms with E-state index in [1.165, 1.54) is 0 Å². The molecule has 0 atom stereocenters. The number of phosphoric ester groups is 1. The highest BCUT2D eigenvalue weighted by Crippen LogP contribution is 2.35. The lowest BCUT2D eigenvalue weighted by Gasteiger charge is -2.14. The van der Waals surface area contributed by atoms with Crippen LogP contribution in [0.1, 0.15) is 0 Å². The van der Waals surface area contributed by atoms with Crippen molar-refractivity contribution in [2.24, 2.45) is 0 Å². The maximum Gasteiger partial charge on any atom is 0.469 e. The predicted molar refractivity (Wildman–Crippen MR) is 42.6 cm³/mol. The quantitative estimate of drug-likeness (QED) is 0.476. The number of hydrogen-bond acceptors (Lipinski definition) is 4. The SMILES string of the molecule is CN(CCO)CCOP(=O)(O)O. The highest BCUT2D eigenvalue weighted by atomic mass is 31.2. The van der Waals surface area contributed by atoms with Gasteiger partial charge in [-0.2, -0.15) is 0 Å². The Bertz CT molecular complexity index is 158. The molecule has 0 saturated heterocycles. The van der Waals surface area contributed by atoms with Crippen molar-refractivity contribution in [2.45, 2.75) is 0 Å². The van der Waals surface area contributed by atoms with E-state index in [0.29, 0.717) is 13.1 Å². The Kier molecular flexibility index (Phi) is 5.65. The van der Waals surface area contributed by atoms with Crippen LogP contribution in [0.25, 0.3) is 0 Å². The zero-order valence-electron chi connectivity index (χ0n) is 6.88. The molecule has 0 aromatic carbocycles. The molecule has 6 nitrogen and oxygen atoms in total. The minimum absolute atomic E-state index is 0.0202. The van der Waals surface area contributed by atoms with Crippen LogP contribution in [0.5, 0.6) is 0 Å². The van der Waals surface area contributed by atoms with E-state index < -0.39 is 7.82 Å². The van der Waals surface area contributed by atoms with Crippen LogP contribution in [-0.4, -0.2) is 53.1 Å². The van der Waals surface area contributed by atoms with Crippen molar-refractivity contribution >= 4 is 7.82 Å². The van der Waals surface area contributed by atoms with Gasteiger partial charge in [-0.1, -0.05) is 0 Å². The molecule has 0 fully saturated rings. The molecule has 0 radical (unpaired) electrons. The van der Waals surface area contributed by atoms with Gasteiger partial charge in [0.15, 0.2) is 0 Å². The minimum atomic E-state index is -4.33. The van der Waals surface area contributed by atoms with Gasteiger partial charge in [0, 0.05) is 13.1 Å². The molecular weight excluding hydrogens is 185 g/mol. The number of likely N-dealkylation sites (N-methyl/N-ethyl adjacent to an activating group) is 1. The average molecular weight is 199 g/mol. The first-order valence-electron chi connectivity index (χ1n) is 3.45. The molecule has 0 unspecified atom stereocenters. The van der Waals surface area contributed by atoms with Crippen molar-refractivity contribution in [3.05, 3.63) is 0 Å². The molecule has 0 aliphatic heterocycles. The normalized spacial score (nSPS) is 12.4. The number of aliphatic hydroxyl groups excluding tert-OH is 1. The van der Waals surface area contributed by atoms with Gasteiger partial charge in [-0.25, -0.2) is 4.57 Å². The maximum atomic E-state index is 10.2. The van der Waals surface area contributed by atoms with Gasteiger partial charge in [0.2, 0.25) is 0 Å². The molecule has 0 aromatic rings. The summed E-state index contributed by atoms with van der Waals surface area (Å²) in [5.41, 5.74) is 0. The molecule has 0 amide bonds. The summed E-state index contributed by atoms with van der Waals surface area (Å²) in [4.78, 5) is 18.3. The Morgan fingerprint density at radius 3 is 2.42 bits per heavy atom. The molecule has 7 heteroatoms. The molecule has 0 bridgehead atoms.